The first kappa shape index (κ1) is 16.5. The molecule has 4 heterocycles. The number of hydrogen-bond donors (Lipinski definition) is 0. The van der Waals surface area contributed by atoms with Gasteiger partial charge in [-0.2, -0.15) is 0 Å². The van der Waals surface area contributed by atoms with Crippen LogP contribution < -0.4 is 0 Å². The molecule has 1 aromatic carbocycles. The molecule has 4 heteroatoms. The molecule has 0 amide bonds. The van der Waals surface area contributed by atoms with Gasteiger partial charge in [0.05, 0.1) is 16.6 Å². The molecule has 27 heavy (non-hydrogen) atoms. The van der Waals surface area contributed by atoms with Gasteiger partial charge in [0, 0.05) is 49.5 Å². The smallest absolute Gasteiger partial charge is 0.0883 e. The molecule has 5 rings (SSSR count). The highest BCUT2D eigenvalue weighted by Gasteiger charge is 2.24. The Kier molecular flexibility index (Phi) is 4.13. The SMILES string of the molecule is Cn1c(C2CCCN(Cc3ccc4cccnc4c3)C2)cc2ncccc21. The Morgan fingerprint density at radius 2 is 1.85 bits per heavy atom. The second kappa shape index (κ2) is 6.78. The number of likely N-dealkylation sites (tertiary alicyclic amines) is 1. The van der Waals surface area contributed by atoms with Crippen LogP contribution in [0.15, 0.2) is 60.9 Å². The summed E-state index contributed by atoms with van der Waals surface area (Å²) < 4.78 is 2.33. The van der Waals surface area contributed by atoms with E-state index >= 15 is 0 Å². The summed E-state index contributed by atoms with van der Waals surface area (Å²) in [4.78, 5) is 11.6. The Morgan fingerprint density at radius 3 is 2.74 bits per heavy atom. The predicted molar refractivity (Wildman–Crippen MR) is 110 cm³/mol. The average molecular weight is 356 g/mol. The summed E-state index contributed by atoms with van der Waals surface area (Å²) in [7, 11) is 2.17. The highest BCUT2D eigenvalue weighted by atomic mass is 15.1. The molecule has 0 N–H and O–H groups in total. The third kappa shape index (κ3) is 3.10. The number of nitrogens with zero attached hydrogens (tertiary/aromatic N) is 4. The van der Waals surface area contributed by atoms with Crippen molar-refractivity contribution < 1.29 is 0 Å². The largest absolute Gasteiger partial charge is 0.346 e. The van der Waals surface area contributed by atoms with E-state index in [4.69, 9.17) is 0 Å². The maximum atomic E-state index is 4.53. The predicted octanol–water partition coefficient (Wildman–Crippen LogP) is 4.50. The molecule has 1 aliphatic heterocycles. The number of aromatic nitrogens is 3. The monoisotopic (exact) mass is 356 g/mol. The van der Waals surface area contributed by atoms with Crippen molar-refractivity contribution in [3.63, 3.8) is 0 Å². The zero-order valence-electron chi connectivity index (χ0n) is 15.7. The number of hydrogen-bond acceptors (Lipinski definition) is 3. The van der Waals surface area contributed by atoms with Crippen LogP contribution in [-0.2, 0) is 13.6 Å². The standard InChI is InChI=1S/C23H24N4/c1-26-22-7-3-11-25-21(22)14-23(26)19-6-4-12-27(16-19)15-17-8-9-18-5-2-10-24-20(18)13-17/h2-3,5,7-11,13-14,19H,4,6,12,15-16H2,1H3. The number of piperidine rings is 1. The number of aryl methyl sites for hydroxylation is 1. The van der Waals surface area contributed by atoms with Gasteiger partial charge in [0.1, 0.15) is 0 Å². The lowest BCUT2D eigenvalue weighted by atomic mass is 9.94. The zero-order valence-corrected chi connectivity index (χ0v) is 15.7. The Hall–Kier alpha value is -2.72. The fraction of sp³-hybridized carbons (Fsp3) is 0.304. The molecule has 4 nitrogen and oxygen atoms in total. The van der Waals surface area contributed by atoms with Gasteiger partial charge in [-0.25, -0.2) is 0 Å². The molecule has 0 aliphatic carbocycles. The molecule has 0 saturated carbocycles. The van der Waals surface area contributed by atoms with E-state index in [2.05, 4.69) is 62.9 Å². The molecule has 0 spiro atoms. The first-order valence-electron chi connectivity index (χ1n) is 9.74. The lowest BCUT2D eigenvalue weighted by Gasteiger charge is -2.33. The Bertz CT molecular complexity index is 1100. The van der Waals surface area contributed by atoms with Crippen LogP contribution >= 0.6 is 0 Å². The lowest BCUT2D eigenvalue weighted by Crippen LogP contribution is -2.34. The first-order chi connectivity index (χ1) is 13.3. The van der Waals surface area contributed by atoms with Crippen LogP contribution in [-0.4, -0.2) is 32.5 Å². The third-order valence-electron chi connectivity index (χ3n) is 5.85. The fourth-order valence-corrected chi connectivity index (χ4v) is 4.48. The van der Waals surface area contributed by atoms with Gasteiger partial charge in [0.25, 0.3) is 0 Å². The minimum atomic E-state index is 0.566. The van der Waals surface area contributed by atoms with Crippen molar-refractivity contribution in [2.75, 3.05) is 13.1 Å². The van der Waals surface area contributed by atoms with Gasteiger partial charge in [-0.05, 0) is 55.3 Å². The molecule has 0 bridgehead atoms. The van der Waals surface area contributed by atoms with E-state index < -0.39 is 0 Å². The van der Waals surface area contributed by atoms with E-state index in [9.17, 15) is 0 Å². The minimum absolute atomic E-state index is 0.566. The number of pyridine rings is 2. The van der Waals surface area contributed by atoms with Gasteiger partial charge < -0.3 is 4.57 Å². The Labute approximate surface area is 159 Å². The quantitative estimate of drug-likeness (QED) is 0.542. The number of fused-ring (bicyclic) bond motifs is 2. The summed E-state index contributed by atoms with van der Waals surface area (Å²) in [6.45, 7) is 3.26. The van der Waals surface area contributed by atoms with Crippen LogP contribution in [0.1, 0.15) is 30.0 Å². The zero-order chi connectivity index (χ0) is 18.2. The van der Waals surface area contributed by atoms with Gasteiger partial charge in [0.2, 0.25) is 0 Å². The molecule has 3 aromatic heterocycles. The summed E-state index contributed by atoms with van der Waals surface area (Å²) in [5, 5.41) is 1.21. The van der Waals surface area contributed by atoms with Crippen LogP contribution in [0.2, 0.25) is 0 Å². The van der Waals surface area contributed by atoms with Gasteiger partial charge in [-0.15, -0.1) is 0 Å². The summed E-state index contributed by atoms with van der Waals surface area (Å²) in [5.41, 5.74) is 6.18. The molecule has 1 saturated heterocycles. The summed E-state index contributed by atoms with van der Waals surface area (Å²) >= 11 is 0. The highest BCUT2D eigenvalue weighted by Crippen LogP contribution is 2.31. The topological polar surface area (TPSA) is 34.0 Å². The van der Waals surface area contributed by atoms with Crippen LogP contribution in [0.5, 0.6) is 0 Å². The summed E-state index contributed by atoms with van der Waals surface area (Å²) in [6.07, 6.45) is 6.25. The van der Waals surface area contributed by atoms with Crippen LogP contribution in [0.3, 0.4) is 0 Å². The molecule has 4 aromatic rings. The third-order valence-corrected chi connectivity index (χ3v) is 5.85. The summed E-state index contributed by atoms with van der Waals surface area (Å²) in [5.74, 6) is 0.566. The van der Waals surface area contributed by atoms with Gasteiger partial charge >= 0.3 is 0 Å². The van der Waals surface area contributed by atoms with E-state index in [-0.39, 0.29) is 0 Å². The fourth-order valence-electron chi connectivity index (χ4n) is 4.48. The lowest BCUT2D eigenvalue weighted by molar-refractivity contribution is 0.197. The van der Waals surface area contributed by atoms with Crippen molar-refractivity contribution in [3.8, 4) is 0 Å². The van der Waals surface area contributed by atoms with Gasteiger partial charge in [0.15, 0.2) is 0 Å². The van der Waals surface area contributed by atoms with Crippen molar-refractivity contribution in [1.29, 1.82) is 0 Å². The van der Waals surface area contributed by atoms with E-state index in [0.717, 1.165) is 24.1 Å². The molecular formula is C23H24N4. The van der Waals surface area contributed by atoms with Crippen LogP contribution in [0.4, 0.5) is 0 Å². The van der Waals surface area contributed by atoms with Crippen molar-refractivity contribution in [2.45, 2.75) is 25.3 Å². The Morgan fingerprint density at radius 1 is 1.00 bits per heavy atom. The van der Waals surface area contributed by atoms with E-state index in [1.165, 1.54) is 41.5 Å². The average Bonchev–Trinajstić information content (AvgIpc) is 3.05. The number of benzene rings is 1. The molecule has 1 unspecified atom stereocenters. The molecular weight excluding hydrogens is 332 g/mol. The van der Waals surface area contributed by atoms with Crippen LogP contribution in [0.25, 0.3) is 21.9 Å². The van der Waals surface area contributed by atoms with E-state index in [1.54, 1.807) is 0 Å². The van der Waals surface area contributed by atoms with Crippen molar-refractivity contribution in [3.05, 3.63) is 72.2 Å². The first-order valence-corrected chi connectivity index (χ1v) is 9.74. The second-order valence-electron chi connectivity index (χ2n) is 7.64. The molecule has 1 fully saturated rings. The maximum Gasteiger partial charge on any atom is 0.0883 e. The normalized spacial score (nSPS) is 18.3. The maximum absolute atomic E-state index is 4.53. The van der Waals surface area contributed by atoms with E-state index in [0.29, 0.717) is 5.92 Å². The van der Waals surface area contributed by atoms with E-state index in [1.807, 2.05) is 24.5 Å². The minimum Gasteiger partial charge on any atom is -0.346 e. The van der Waals surface area contributed by atoms with Crippen molar-refractivity contribution in [2.24, 2.45) is 7.05 Å². The van der Waals surface area contributed by atoms with Gasteiger partial charge in [-0.1, -0.05) is 18.2 Å². The second-order valence-corrected chi connectivity index (χ2v) is 7.64. The van der Waals surface area contributed by atoms with Crippen LogP contribution in [0, 0.1) is 0 Å². The molecule has 0 radical (unpaired) electrons. The molecule has 136 valence electrons. The van der Waals surface area contributed by atoms with Crippen molar-refractivity contribution >= 4 is 21.9 Å². The molecule has 1 atom stereocenters. The molecule has 1 aliphatic rings. The number of rotatable bonds is 3. The van der Waals surface area contributed by atoms with Gasteiger partial charge in [-0.3, -0.25) is 14.9 Å². The van der Waals surface area contributed by atoms with Crippen molar-refractivity contribution in [1.82, 2.24) is 19.4 Å². The Balaban J connectivity index is 1.37. The highest BCUT2D eigenvalue weighted by molar-refractivity contribution is 5.79. The summed E-state index contributed by atoms with van der Waals surface area (Å²) in [6, 6.07) is 17.3.